The fourth-order valence-electron chi connectivity index (χ4n) is 4.44. The van der Waals surface area contributed by atoms with E-state index in [1.54, 1.807) is 18.2 Å². The molecule has 2 aliphatic carbocycles. The summed E-state index contributed by atoms with van der Waals surface area (Å²) in [4.78, 5) is 16.8. The highest BCUT2D eigenvalue weighted by Gasteiger charge is 2.36. The van der Waals surface area contributed by atoms with Crippen LogP contribution in [0.15, 0.2) is 30.4 Å². The molecule has 1 amide bonds. The SMILES string of the molecule is O=C(COc1ccc(Cl)cc1Cl)N1CCN(CC2CC3C=CC2C3)CC1. The zero-order valence-corrected chi connectivity index (χ0v) is 16.3. The van der Waals surface area contributed by atoms with Gasteiger partial charge in [-0.25, -0.2) is 0 Å². The van der Waals surface area contributed by atoms with Gasteiger partial charge in [0.1, 0.15) is 5.75 Å². The number of ether oxygens (including phenoxy) is 1. The number of fused-ring (bicyclic) bond motifs is 2. The Kier molecular flexibility index (Phi) is 5.44. The molecule has 1 saturated carbocycles. The second-order valence-corrected chi connectivity index (χ2v) is 8.43. The first-order valence-electron chi connectivity index (χ1n) is 9.35. The van der Waals surface area contributed by atoms with Crippen LogP contribution in [0.25, 0.3) is 0 Å². The van der Waals surface area contributed by atoms with Crippen molar-refractivity contribution in [2.75, 3.05) is 39.3 Å². The molecular formula is C20H24Cl2N2O2. The lowest BCUT2D eigenvalue weighted by molar-refractivity contribution is -0.135. The molecule has 2 fully saturated rings. The van der Waals surface area contributed by atoms with Crippen molar-refractivity contribution in [3.8, 4) is 5.75 Å². The maximum absolute atomic E-state index is 12.4. The lowest BCUT2D eigenvalue weighted by Gasteiger charge is -2.36. The molecule has 0 radical (unpaired) electrons. The van der Waals surface area contributed by atoms with E-state index >= 15 is 0 Å². The van der Waals surface area contributed by atoms with Crippen molar-refractivity contribution in [2.24, 2.45) is 17.8 Å². The Morgan fingerprint density at radius 1 is 1.12 bits per heavy atom. The number of amides is 1. The van der Waals surface area contributed by atoms with E-state index in [0.29, 0.717) is 15.8 Å². The van der Waals surface area contributed by atoms with Gasteiger partial charge in [0.05, 0.1) is 5.02 Å². The van der Waals surface area contributed by atoms with Gasteiger partial charge in [0, 0.05) is 37.7 Å². The Bertz CT molecular complexity index is 701. The molecule has 0 N–H and O–H groups in total. The molecule has 26 heavy (non-hydrogen) atoms. The average molecular weight is 395 g/mol. The number of hydrogen-bond acceptors (Lipinski definition) is 3. The van der Waals surface area contributed by atoms with E-state index in [2.05, 4.69) is 17.1 Å². The van der Waals surface area contributed by atoms with Crippen LogP contribution >= 0.6 is 23.2 Å². The summed E-state index contributed by atoms with van der Waals surface area (Å²) >= 11 is 12.0. The van der Waals surface area contributed by atoms with Crippen molar-refractivity contribution >= 4 is 29.1 Å². The Morgan fingerprint density at radius 2 is 1.92 bits per heavy atom. The summed E-state index contributed by atoms with van der Waals surface area (Å²) in [5.41, 5.74) is 0. The summed E-state index contributed by atoms with van der Waals surface area (Å²) in [6, 6.07) is 5.02. The Labute approximate surface area is 164 Å². The summed E-state index contributed by atoms with van der Waals surface area (Å²) in [5, 5.41) is 0.978. The molecule has 4 rings (SSSR count). The first-order valence-corrected chi connectivity index (χ1v) is 10.1. The molecule has 3 unspecified atom stereocenters. The number of carbonyl (C=O) groups excluding carboxylic acids is 1. The van der Waals surface area contributed by atoms with Crippen LogP contribution in [0.5, 0.6) is 5.75 Å². The molecule has 3 aliphatic rings. The predicted octanol–water partition coefficient (Wildman–Crippen LogP) is 3.73. The van der Waals surface area contributed by atoms with E-state index in [9.17, 15) is 4.79 Å². The van der Waals surface area contributed by atoms with Crippen LogP contribution < -0.4 is 4.74 Å². The topological polar surface area (TPSA) is 32.8 Å². The molecule has 0 spiro atoms. The zero-order chi connectivity index (χ0) is 18.1. The predicted molar refractivity (Wildman–Crippen MR) is 104 cm³/mol. The number of rotatable bonds is 5. The van der Waals surface area contributed by atoms with Crippen molar-refractivity contribution in [2.45, 2.75) is 12.8 Å². The summed E-state index contributed by atoms with van der Waals surface area (Å²) in [5.74, 6) is 2.93. The average Bonchev–Trinajstić information content (AvgIpc) is 3.24. The standard InChI is InChI=1S/C20H24Cl2N2O2/c21-17-3-4-19(18(22)11-17)26-13-20(25)24-7-5-23(6-8-24)12-16-10-14-1-2-15(16)9-14/h1-4,11,14-16H,5-10,12-13H2. The third kappa shape index (κ3) is 4.03. The van der Waals surface area contributed by atoms with Crippen molar-refractivity contribution in [1.82, 2.24) is 9.80 Å². The van der Waals surface area contributed by atoms with Gasteiger partial charge < -0.3 is 9.64 Å². The summed E-state index contributed by atoms with van der Waals surface area (Å²) in [6.07, 6.45) is 7.51. The number of nitrogens with zero attached hydrogens (tertiary/aromatic N) is 2. The van der Waals surface area contributed by atoms with Crippen LogP contribution in [-0.2, 0) is 4.79 Å². The van der Waals surface area contributed by atoms with Crippen LogP contribution in [0.2, 0.25) is 10.0 Å². The summed E-state index contributed by atoms with van der Waals surface area (Å²) in [7, 11) is 0. The Balaban J connectivity index is 1.21. The molecule has 1 aliphatic heterocycles. The van der Waals surface area contributed by atoms with Crippen molar-refractivity contribution < 1.29 is 9.53 Å². The number of hydrogen-bond donors (Lipinski definition) is 0. The highest BCUT2D eigenvalue weighted by atomic mass is 35.5. The normalized spacial score (nSPS) is 27.9. The highest BCUT2D eigenvalue weighted by Crippen LogP contribution is 2.43. The van der Waals surface area contributed by atoms with E-state index in [1.165, 1.54) is 19.4 Å². The minimum absolute atomic E-state index is 0.0124. The Morgan fingerprint density at radius 3 is 2.58 bits per heavy atom. The first kappa shape index (κ1) is 18.1. The number of piperazine rings is 1. The smallest absolute Gasteiger partial charge is 0.260 e. The molecular weight excluding hydrogens is 371 g/mol. The largest absolute Gasteiger partial charge is 0.482 e. The molecule has 140 valence electrons. The molecule has 6 heteroatoms. The van der Waals surface area contributed by atoms with E-state index < -0.39 is 0 Å². The molecule has 1 saturated heterocycles. The zero-order valence-electron chi connectivity index (χ0n) is 14.7. The first-order chi connectivity index (χ1) is 12.6. The van der Waals surface area contributed by atoms with Crippen LogP contribution in [0.3, 0.4) is 0 Å². The molecule has 1 heterocycles. The van der Waals surface area contributed by atoms with Crippen molar-refractivity contribution in [3.63, 3.8) is 0 Å². The minimum atomic E-state index is 0.0124. The number of carbonyl (C=O) groups is 1. The molecule has 1 aromatic rings. The van der Waals surface area contributed by atoms with Gasteiger partial charge in [0.25, 0.3) is 5.91 Å². The van der Waals surface area contributed by atoms with Gasteiger partial charge in [-0.05, 0) is 48.8 Å². The molecule has 3 atom stereocenters. The monoisotopic (exact) mass is 394 g/mol. The van der Waals surface area contributed by atoms with E-state index in [4.69, 9.17) is 27.9 Å². The van der Waals surface area contributed by atoms with Gasteiger partial charge in [-0.3, -0.25) is 9.69 Å². The fourth-order valence-corrected chi connectivity index (χ4v) is 4.90. The quantitative estimate of drug-likeness (QED) is 0.713. The third-order valence-corrected chi connectivity index (χ3v) is 6.41. The van der Waals surface area contributed by atoms with Crippen LogP contribution in [0.1, 0.15) is 12.8 Å². The van der Waals surface area contributed by atoms with Gasteiger partial charge in [-0.2, -0.15) is 0 Å². The second-order valence-electron chi connectivity index (χ2n) is 7.59. The van der Waals surface area contributed by atoms with Crippen LogP contribution in [0, 0.1) is 17.8 Å². The van der Waals surface area contributed by atoms with Crippen molar-refractivity contribution in [1.29, 1.82) is 0 Å². The van der Waals surface area contributed by atoms with Crippen LogP contribution in [-0.4, -0.2) is 55.0 Å². The molecule has 4 nitrogen and oxygen atoms in total. The van der Waals surface area contributed by atoms with Gasteiger partial charge in [0.2, 0.25) is 0 Å². The van der Waals surface area contributed by atoms with Gasteiger partial charge in [0.15, 0.2) is 6.61 Å². The minimum Gasteiger partial charge on any atom is -0.482 e. The second kappa shape index (κ2) is 7.79. The maximum Gasteiger partial charge on any atom is 0.260 e. The molecule has 2 bridgehead atoms. The number of benzene rings is 1. The van der Waals surface area contributed by atoms with Crippen LogP contribution in [0.4, 0.5) is 0 Å². The number of allylic oxidation sites excluding steroid dienone is 2. The maximum atomic E-state index is 12.4. The molecule has 0 aromatic heterocycles. The summed E-state index contributed by atoms with van der Waals surface area (Å²) in [6.45, 7) is 4.62. The lowest BCUT2D eigenvalue weighted by atomic mass is 9.93. The van der Waals surface area contributed by atoms with Crippen molar-refractivity contribution in [3.05, 3.63) is 40.4 Å². The van der Waals surface area contributed by atoms with Gasteiger partial charge in [-0.1, -0.05) is 35.4 Å². The number of halogens is 2. The lowest BCUT2D eigenvalue weighted by Crippen LogP contribution is -2.51. The van der Waals surface area contributed by atoms with Gasteiger partial charge in [-0.15, -0.1) is 0 Å². The van der Waals surface area contributed by atoms with E-state index in [1.807, 2.05) is 4.90 Å². The summed E-state index contributed by atoms with van der Waals surface area (Å²) < 4.78 is 5.57. The fraction of sp³-hybridized carbons (Fsp3) is 0.550. The molecule has 1 aromatic carbocycles. The third-order valence-electron chi connectivity index (χ3n) is 5.88. The van der Waals surface area contributed by atoms with E-state index in [-0.39, 0.29) is 12.5 Å². The van der Waals surface area contributed by atoms with Gasteiger partial charge >= 0.3 is 0 Å². The highest BCUT2D eigenvalue weighted by molar-refractivity contribution is 6.35. The van der Waals surface area contributed by atoms with E-state index in [0.717, 1.165) is 43.9 Å². The Hall–Kier alpha value is -1.23.